The number of para-hydroxylation sites is 2. The average molecular weight is 338 g/mol. The highest BCUT2D eigenvalue weighted by molar-refractivity contribution is 6.23. The van der Waals surface area contributed by atoms with Gasteiger partial charge in [0, 0.05) is 0 Å². The van der Waals surface area contributed by atoms with Gasteiger partial charge < -0.3 is 4.74 Å². The molecule has 2 aromatic carbocycles. The van der Waals surface area contributed by atoms with Crippen molar-refractivity contribution in [3.63, 3.8) is 0 Å². The first-order chi connectivity index (χ1) is 12.1. The van der Waals surface area contributed by atoms with Crippen molar-refractivity contribution in [1.82, 2.24) is 0 Å². The molecule has 6 nitrogen and oxygen atoms in total. The van der Waals surface area contributed by atoms with E-state index in [1.54, 1.807) is 55.5 Å². The number of hydrogen-bond donors (Lipinski definition) is 0. The van der Waals surface area contributed by atoms with E-state index in [1.807, 2.05) is 12.1 Å². The van der Waals surface area contributed by atoms with Gasteiger partial charge in [0.05, 0.1) is 24.4 Å². The van der Waals surface area contributed by atoms with Gasteiger partial charge in [0.25, 0.3) is 11.8 Å². The lowest BCUT2D eigenvalue weighted by Gasteiger charge is -2.27. The normalized spacial score (nSPS) is 14.9. The molecule has 2 amide bonds. The van der Waals surface area contributed by atoms with E-state index in [0.29, 0.717) is 11.4 Å². The van der Waals surface area contributed by atoms with E-state index in [4.69, 9.17) is 4.74 Å². The number of nitrogens with zero attached hydrogens (tertiary/aromatic N) is 2. The van der Waals surface area contributed by atoms with Crippen LogP contribution in [0.25, 0.3) is 0 Å². The minimum atomic E-state index is -1.08. The maximum Gasteiger partial charge on any atom is 0.307 e. The smallest absolute Gasteiger partial charge is 0.307 e. The molecule has 1 fully saturated rings. The number of amides is 2. The number of hydrazine groups is 1. The van der Waals surface area contributed by atoms with E-state index in [0.717, 1.165) is 0 Å². The van der Waals surface area contributed by atoms with E-state index >= 15 is 0 Å². The van der Waals surface area contributed by atoms with Crippen LogP contribution < -0.4 is 10.0 Å². The van der Waals surface area contributed by atoms with Gasteiger partial charge in [0.15, 0.2) is 0 Å². The Morgan fingerprint density at radius 3 is 1.72 bits per heavy atom. The molecule has 0 N–H and O–H groups in total. The molecule has 128 valence electrons. The van der Waals surface area contributed by atoms with Crippen molar-refractivity contribution in [2.75, 3.05) is 16.6 Å². The van der Waals surface area contributed by atoms with Crippen LogP contribution in [-0.2, 0) is 19.1 Å². The Morgan fingerprint density at radius 1 is 0.880 bits per heavy atom. The number of anilines is 2. The largest absolute Gasteiger partial charge is 0.466 e. The van der Waals surface area contributed by atoms with Crippen molar-refractivity contribution in [1.29, 1.82) is 0 Å². The van der Waals surface area contributed by atoms with Crippen LogP contribution in [0.5, 0.6) is 0 Å². The van der Waals surface area contributed by atoms with E-state index in [1.165, 1.54) is 10.0 Å². The molecule has 6 heteroatoms. The molecule has 0 saturated carbocycles. The van der Waals surface area contributed by atoms with Crippen LogP contribution in [0.3, 0.4) is 0 Å². The fourth-order valence-corrected chi connectivity index (χ4v) is 2.78. The van der Waals surface area contributed by atoms with Crippen molar-refractivity contribution >= 4 is 29.2 Å². The summed E-state index contributed by atoms with van der Waals surface area (Å²) in [6.45, 7) is 1.89. The molecule has 1 heterocycles. The average Bonchev–Trinajstić information content (AvgIpc) is 2.88. The van der Waals surface area contributed by atoms with Crippen LogP contribution in [0.4, 0.5) is 11.4 Å². The SMILES string of the molecule is CCOC(=O)CC1C(=O)N(c2ccccc2)N(c2ccccc2)C1=O. The number of carbonyl (C=O) groups excluding carboxylic acids is 3. The predicted molar refractivity (Wildman–Crippen MR) is 92.6 cm³/mol. The summed E-state index contributed by atoms with van der Waals surface area (Å²) >= 11 is 0. The first-order valence-corrected chi connectivity index (χ1v) is 8.07. The Hall–Kier alpha value is -3.15. The molecule has 1 saturated heterocycles. The van der Waals surface area contributed by atoms with Crippen LogP contribution in [0.1, 0.15) is 13.3 Å². The van der Waals surface area contributed by atoms with Crippen molar-refractivity contribution in [2.24, 2.45) is 5.92 Å². The predicted octanol–water partition coefficient (Wildman–Crippen LogP) is 2.55. The van der Waals surface area contributed by atoms with Crippen LogP contribution in [0.2, 0.25) is 0 Å². The van der Waals surface area contributed by atoms with Crippen LogP contribution in [0, 0.1) is 5.92 Å². The Labute approximate surface area is 145 Å². The van der Waals surface area contributed by atoms with Gasteiger partial charge in [-0.3, -0.25) is 14.4 Å². The second-order valence-corrected chi connectivity index (χ2v) is 5.53. The zero-order valence-electron chi connectivity index (χ0n) is 13.8. The summed E-state index contributed by atoms with van der Waals surface area (Å²) in [7, 11) is 0. The number of carbonyl (C=O) groups is 3. The van der Waals surface area contributed by atoms with Crippen molar-refractivity contribution in [3.8, 4) is 0 Å². The molecular weight excluding hydrogens is 320 g/mol. The van der Waals surface area contributed by atoms with E-state index in [-0.39, 0.29) is 13.0 Å². The van der Waals surface area contributed by atoms with Gasteiger partial charge in [-0.1, -0.05) is 36.4 Å². The number of esters is 1. The summed E-state index contributed by atoms with van der Waals surface area (Å²) in [5.41, 5.74) is 1.13. The second-order valence-electron chi connectivity index (χ2n) is 5.53. The van der Waals surface area contributed by atoms with Crippen molar-refractivity contribution in [3.05, 3.63) is 60.7 Å². The summed E-state index contributed by atoms with van der Waals surface area (Å²) in [6, 6.07) is 17.8. The van der Waals surface area contributed by atoms with Gasteiger partial charge in [-0.05, 0) is 31.2 Å². The number of ether oxygens (including phenoxy) is 1. The molecular formula is C19H18N2O4. The van der Waals surface area contributed by atoms with Gasteiger partial charge >= 0.3 is 5.97 Å². The Kier molecular flexibility index (Phi) is 4.79. The van der Waals surface area contributed by atoms with E-state index in [2.05, 4.69) is 0 Å². The number of hydrogen-bond acceptors (Lipinski definition) is 4. The number of benzene rings is 2. The zero-order valence-corrected chi connectivity index (χ0v) is 13.8. The molecule has 0 aliphatic carbocycles. The fraction of sp³-hybridized carbons (Fsp3) is 0.211. The third-order valence-corrected chi connectivity index (χ3v) is 3.89. The first kappa shape index (κ1) is 16.7. The minimum Gasteiger partial charge on any atom is -0.466 e. The van der Waals surface area contributed by atoms with Gasteiger partial charge in [-0.25, -0.2) is 10.0 Å². The molecule has 0 aromatic heterocycles. The van der Waals surface area contributed by atoms with Gasteiger partial charge in [0.2, 0.25) is 0 Å². The topological polar surface area (TPSA) is 66.9 Å². The summed E-state index contributed by atoms with van der Waals surface area (Å²) in [4.78, 5) is 37.6. The quantitative estimate of drug-likeness (QED) is 0.621. The third kappa shape index (κ3) is 3.24. The highest BCUT2D eigenvalue weighted by Crippen LogP contribution is 2.33. The van der Waals surface area contributed by atoms with Crippen molar-refractivity contribution < 1.29 is 19.1 Å². The third-order valence-electron chi connectivity index (χ3n) is 3.89. The van der Waals surface area contributed by atoms with Crippen molar-refractivity contribution in [2.45, 2.75) is 13.3 Å². The number of rotatable bonds is 5. The molecule has 0 bridgehead atoms. The summed E-state index contributed by atoms with van der Waals surface area (Å²) in [5.74, 6) is -2.52. The summed E-state index contributed by atoms with van der Waals surface area (Å²) < 4.78 is 4.90. The molecule has 1 aliphatic rings. The monoisotopic (exact) mass is 338 g/mol. The maximum absolute atomic E-state index is 12.9. The van der Waals surface area contributed by atoms with Gasteiger partial charge in [-0.15, -0.1) is 0 Å². The second kappa shape index (κ2) is 7.17. The Balaban J connectivity index is 1.99. The summed E-state index contributed by atoms with van der Waals surface area (Å²) in [5, 5.41) is 2.64. The van der Waals surface area contributed by atoms with Gasteiger partial charge in [0.1, 0.15) is 5.92 Å². The molecule has 3 rings (SSSR count). The van der Waals surface area contributed by atoms with Crippen LogP contribution >= 0.6 is 0 Å². The van der Waals surface area contributed by atoms with Crippen LogP contribution in [0.15, 0.2) is 60.7 Å². The minimum absolute atomic E-state index is 0.207. The lowest BCUT2D eigenvalue weighted by Crippen LogP contribution is -2.41. The Bertz CT molecular complexity index is 719. The molecule has 0 spiro atoms. The van der Waals surface area contributed by atoms with Crippen LogP contribution in [-0.4, -0.2) is 24.4 Å². The summed E-state index contributed by atoms with van der Waals surface area (Å²) in [6.07, 6.45) is -0.266. The molecule has 25 heavy (non-hydrogen) atoms. The fourth-order valence-electron chi connectivity index (χ4n) is 2.78. The first-order valence-electron chi connectivity index (χ1n) is 8.07. The molecule has 1 aliphatic heterocycles. The lowest BCUT2D eigenvalue weighted by atomic mass is 10.1. The Morgan fingerprint density at radius 2 is 1.32 bits per heavy atom. The lowest BCUT2D eigenvalue weighted by molar-refractivity contribution is -0.147. The molecule has 2 aromatic rings. The maximum atomic E-state index is 12.9. The van der Waals surface area contributed by atoms with E-state index < -0.39 is 23.7 Å². The highest BCUT2D eigenvalue weighted by Gasteiger charge is 2.48. The van der Waals surface area contributed by atoms with Gasteiger partial charge in [-0.2, -0.15) is 0 Å². The van der Waals surface area contributed by atoms with E-state index in [9.17, 15) is 14.4 Å². The molecule has 0 unspecified atom stereocenters. The zero-order chi connectivity index (χ0) is 17.8. The highest BCUT2D eigenvalue weighted by atomic mass is 16.5. The standard InChI is InChI=1S/C19H18N2O4/c1-2-25-17(22)13-16-18(23)20(14-9-5-3-6-10-14)21(19(16)24)15-11-7-4-8-12-15/h3-12,16H,2,13H2,1H3. The molecule has 0 radical (unpaired) electrons. The molecule has 0 atom stereocenters.